The molecule has 1 aromatic carbocycles. The SMILES string of the molecule is COC(=O)[C@](C)(Cc1ccccc1)NC=O. The Kier molecular flexibility index (Phi) is 4.05. The van der Waals surface area contributed by atoms with Crippen LogP contribution in [0.3, 0.4) is 0 Å². The minimum absolute atomic E-state index is 0.402. The molecule has 0 fully saturated rings. The van der Waals surface area contributed by atoms with Gasteiger partial charge in [0.1, 0.15) is 5.54 Å². The molecule has 0 bridgehead atoms. The van der Waals surface area contributed by atoms with E-state index in [-0.39, 0.29) is 0 Å². The quantitative estimate of drug-likeness (QED) is 0.594. The van der Waals surface area contributed by atoms with Crippen molar-refractivity contribution in [2.24, 2.45) is 0 Å². The van der Waals surface area contributed by atoms with Gasteiger partial charge in [0, 0.05) is 6.42 Å². The van der Waals surface area contributed by atoms with E-state index in [9.17, 15) is 9.59 Å². The lowest BCUT2D eigenvalue weighted by molar-refractivity contribution is -0.148. The van der Waals surface area contributed by atoms with Crippen molar-refractivity contribution in [3.8, 4) is 0 Å². The van der Waals surface area contributed by atoms with E-state index >= 15 is 0 Å². The second-order valence-corrected chi connectivity index (χ2v) is 3.75. The third kappa shape index (κ3) is 2.82. The molecular formula is C12H15NO3. The van der Waals surface area contributed by atoms with Gasteiger partial charge in [0.05, 0.1) is 7.11 Å². The first-order chi connectivity index (χ1) is 7.62. The molecule has 0 saturated heterocycles. The summed E-state index contributed by atoms with van der Waals surface area (Å²) in [4.78, 5) is 22.1. The lowest BCUT2D eigenvalue weighted by atomic mass is 9.93. The Morgan fingerprint density at radius 1 is 1.44 bits per heavy atom. The Morgan fingerprint density at radius 3 is 2.56 bits per heavy atom. The lowest BCUT2D eigenvalue weighted by Gasteiger charge is -2.25. The van der Waals surface area contributed by atoms with Crippen molar-refractivity contribution in [3.63, 3.8) is 0 Å². The Bertz CT molecular complexity index is 364. The van der Waals surface area contributed by atoms with Gasteiger partial charge in [-0.1, -0.05) is 30.3 Å². The van der Waals surface area contributed by atoms with E-state index in [4.69, 9.17) is 0 Å². The Hall–Kier alpha value is -1.84. The van der Waals surface area contributed by atoms with Gasteiger partial charge in [-0.2, -0.15) is 0 Å². The monoisotopic (exact) mass is 221 g/mol. The van der Waals surface area contributed by atoms with Crippen LogP contribution in [0.25, 0.3) is 0 Å². The van der Waals surface area contributed by atoms with Crippen molar-refractivity contribution in [1.29, 1.82) is 0 Å². The van der Waals surface area contributed by atoms with Crippen LogP contribution in [-0.4, -0.2) is 25.0 Å². The first kappa shape index (κ1) is 12.2. The highest BCUT2D eigenvalue weighted by Gasteiger charge is 2.33. The van der Waals surface area contributed by atoms with E-state index < -0.39 is 11.5 Å². The maximum absolute atomic E-state index is 11.6. The summed E-state index contributed by atoms with van der Waals surface area (Å²) in [5, 5.41) is 2.50. The summed E-state index contributed by atoms with van der Waals surface area (Å²) < 4.78 is 4.68. The van der Waals surface area contributed by atoms with E-state index in [0.29, 0.717) is 12.8 Å². The van der Waals surface area contributed by atoms with Gasteiger partial charge < -0.3 is 10.1 Å². The molecule has 1 rings (SSSR count). The number of carbonyl (C=O) groups excluding carboxylic acids is 2. The highest BCUT2D eigenvalue weighted by molar-refractivity contribution is 5.83. The topological polar surface area (TPSA) is 55.4 Å². The number of methoxy groups -OCH3 is 1. The lowest BCUT2D eigenvalue weighted by Crippen LogP contribution is -2.51. The molecule has 4 nitrogen and oxygen atoms in total. The van der Waals surface area contributed by atoms with Crippen LogP contribution >= 0.6 is 0 Å². The van der Waals surface area contributed by atoms with Crippen LogP contribution in [0.5, 0.6) is 0 Å². The Labute approximate surface area is 94.6 Å². The van der Waals surface area contributed by atoms with Crippen LogP contribution in [0.4, 0.5) is 0 Å². The number of amides is 1. The predicted octanol–water partition coefficient (Wildman–Crippen LogP) is 0.907. The number of ether oxygens (including phenoxy) is 1. The van der Waals surface area contributed by atoms with Crippen molar-refractivity contribution in [2.75, 3.05) is 7.11 Å². The van der Waals surface area contributed by atoms with E-state index in [1.165, 1.54) is 7.11 Å². The second kappa shape index (κ2) is 5.30. The van der Waals surface area contributed by atoms with Gasteiger partial charge in [-0.05, 0) is 12.5 Å². The van der Waals surface area contributed by atoms with E-state index in [1.807, 2.05) is 30.3 Å². The van der Waals surface area contributed by atoms with Crippen LogP contribution in [0.2, 0.25) is 0 Å². The predicted molar refractivity (Wildman–Crippen MR) is 59.8 cm³/mol. The fraction of sp³-hybridized carbons (Fsp3) is 0.333. The third-order valence-electron chi connectivity index (χ3n) is 2.41. The average Bonchev–Trinajstić information content (AvgIpc) is 2.29. The average molecular weight is 221 g/mol. The largest absolute Gasteiger partial charge is 0.467 e. The zero-order valence-corrected chi connectivity index (χ0v) is 9.40. The van der Waals surface area contributed by atoms with Crippen molar-refractivity contribution in [2.45, 2.75) is 18.9 Å². The molecule has 0 radical (unpaired) electrons. The summed E-state index contributed by atoms with van der Waals surface area (Å²) in [6.45, 7) is 1.64. The van der Waals surface area contributed by atoms with Gasteiger partial charge in [-0.3, -0.25) is 4.79 Å². The van der Waals surface area contributed by atoms with Gasteiger partial charge in [-0.15, -0.1) is 0 Å². The first-order valence-corrected chi connectivity index (χ1v) is 4.96. The number of nitrogens with one attached hydrogen (secondary N) is 1. The fourth-order valence-electron chi connectivity index (χ4n) is 1.54. The molecule has 1 N–H and O–H groups in total. The maximum atomic E-state index is 11.6. The number of rotatable bonds is 5. The summed E-state index contributed by atoms with van der Waals surface area (Å²) in [5.41, 5.74) is -0.0533. The summed E-state index contributed by atoms with van der Waals surface area (Å²) >= 11 is 0. The van der Waals surface area contributed by atoms with Crippen molar-refractivity contribution in [1.82, 2.24) is 5.32 Å². The molecule has 16 heavy (non-hydrogen) atoms. The van der Waals surface area contributed by atoms with Gasteiger partial charge in [0.2, 0.25) is 6.41 Å². The van der Waals surface area contributed by atoms with Crippen molar-refractivity contribution in [3.05, 3.63) is 35.9 Å². The summed E-state index contributed by atoms with van der Waals surface area (Å²) in [6.07, 6.45) is 0.916. The smallest absolute Gasteiger partial charge is 0.331 e. The molecule has 0 aliphatic carbocycles. The molecule has 0 saturated carbocycles. The maximum Gasteiger partial charge on any atom is 0.331 e. The molecule has 4 heteroatoms. The van der Waals surface area contributed by atoms with Gasteiger partial charge >= 0.3 is 5.97 Å². The van der Waals surface area contributed by atoms with Crippen LogP contribution in [-0.2, 0) is 20.7 Å². The zero-order valence-electron chi connectivity index (χ0n) is 9.40. The Balaban J connectivity index is 2.87. The standard InChI is InChI=1S/C12H15NO3/c1-12(13-9-14,11(15)16-2)8-10-6-4-3-5-7-10/h3-7,9H,8H2,1-2H3,(H,13,14)/t12-/m0/s1. The molecule has 1 aromatic rings. The Morgan fingerprint density at radius 2 is 2.06 bits per heavy atom. The van der Waals surface area contributed by atoms with Gasteiger partial charge in [0.15, 0.2) is 0 Å². The van der Waals surface area contributed by atoms with Crippen LogP contribution < -0.4 is 5.32 Å². The van der Waals surface area contributed by atoms with Crippen molar-refractivity contribution >= 4 is 12.4 Å². The molecule has 1 amide bonds. The molecule has 86 valence electrons. The number of esters is 1. The number of carbonyl (C=O) groups is 2. The summed E-state index contributed by atoms with van der Waals surface area (Å²) in [6, 6.07) is 9.45. The molecule has 0 aliphatic rings. The normalized spacial score (nSPS) is 13.6. The summed E-state index contributed by atoms with van der Waals surface area (Å²) in [5.74, 6) is -0.455. The minimum atomic E-state index is -1.02. The minimum Gasteiger partial charge on any atom is -0.467 e. The number of benzene rings is 1. The van der Waals surface area contributed by atoms with Gasteiger partial charge in [0.25, 0.3) is 0 Å². The fourth-order valence-corrected chi connectivity index (χ4v) is 1.54. The van der Waals surface area contributed by atoms with E-state index in [1.54, 1.807) is 6.92 Å². The summed E-state index contributed by atoms with van der Waals surface area (Å²) in [7, 11) is 1.30. The third-order valence-corrected chi connectivity index (χ3v) is 2.41. The molecule has 0 aromatic heterocycles. The van der Waals surface area contributed by atoms with Crippen molar-refractivity contribution < 1.29 is 14.3 Å². The second-order valence-electron chi connectivity index (χ2n) is 3.75. The highest BCUT2D eigenvalue weighted by atomic mass is 16.5. The molecule has 0 heterocycles. The molecular weight excluding hydrogens is 206 g/mol. The van der Waals surface area contributed by atoms with E-state index in [0.717, 1.165) is 5.56 Å². The van der Waals surface area contributed by atoms with Crippen LogP contribution in [0.15, 0.2) is 30.3 Å². The molecule has 1 atom stereocenters. The zero-order chi connectivity index (χ0) is 12.0. The number of hydrogen-bond acceptors (Lipinski definition) is 3. The van der Waals surface area contributed by atoms with Gasteiger partial charge in [-0.25, -0.2) is 4.79 Å². The molecule has 0 unspecified atom stereocenters. The highest BCUT2D eigenvalue weighted by Crippen LogP contribution is 2.14. The van der Waals surface area contributed by atoms with Crippen LogP contribution in [0.1, 0.15) is 12.5 Å². The molecule has 0 spiro atoms. The van der Waals surface area contributed by atoms with E-state index in [2.05, 4.69) is 10.1 Å². The number of hydrogen-bond donors (Lipinski definition) is 1. The first-order valence-electron chi connectivity index (χ1n) is 4.96. The molecule has 0 aliphatic heterocycles. The van der Waals surface area contributed by atoms with Crippen LogP contribution in [0, 0.1) is 0 Å².